The molecule has 0 bridgehead atoms. The number of fused-ring (bicyclic) bond motifs is 1. The molecule has 2 heterocycles. The van der Waals surface area contributed by atoms with Gasteiger partial charge in [0.25, 0.3) is 0 Å². The molecule has 1 aromatic heterocycles. The molecule has 1 aliphatic heterocycles. The second kappa shape index (κ2) is 4.46. The summed E-state index contributed by atoms with van der Waals surface area (Å²) in [6, 6.07) is 9.39. The molecular weight excluding hydrogens is 240 g/mol. The summed E-state index contributed by atoms with van der Waals surface area (Å²) in [4.78, 5) is 29.8. The molecule has 0 radical (unpaired) electrons. The van der Waals surface area contributed by atoms with E-state index in [-0.39, 0.29) is 11.8 Å². The molecule has 2 amide bonds. The summed E-state index contributed by atoms with van der Waals surface area (Å²) in [7, 11) is 0. The van der Waals surface area contributed by atoms with E-state index in [4.69, 9.17) is 0 Å². The Balaban J connectivity index is 2.23. The molecule has 19 heavy (non-hydrogen) atoms. The highest BCUT2D eigenvalue weighted by Gasteiger charge is 2.28. The first kappa shape index (κ1) is 11.8. The number of rotatable bonds is 1. The van der Waals surface area contributed by atoms with Gasteiger partial charge in [0.15, 0.2) is 0 Å². The summed E-state index contributed by atoms with van der Waals surface area (Å²) in [6.45, 7) is 1.87. The van der Waals surface area contributed by atoms with Crippen LogP contribution in [0.25, 0.3) is 10.9 Å². The van der Waals surface area contributed by atoms with Gasteiger partial charge in [-0.3, -0.25) is 14.6 Å². The second-order valence-electron chi connectivity index (χ2n) is 4.78. The quantitative estimate of drug-likeness (QED) is 0.735. The van der Waals surface area contributed by atoms with Gasteiger partial charge in [0, 0.05) is 23.9 Å². The van der Waals surface area contributed by atoms with Crippen LogP contribution in [0.15, 0.2) is 30.3 Å². The van der Waals surface area contributed by atoms with Crippen molar-refractivity contribution in [3.05, 3.63) is 36.0 Å². The van der Waals surface area contributed by atoms with Crippen LogP contribution < -0.4 is 4.90 Å². The molecule has 1 aromatic carbocycles. The third-order valence-electron chi connectivity index (χ3n) is 3.34. The molecule has 0 spiro atoms. The summed E-state index contributed by atoms with van der Waals surface area (Å²) in [5.41, 5.74) is 2.28. The molecule has 0 unspecified atom stereocenters. The smallest absolute Gasteiger partial charge is 0.233 e. The van der Waals surface area contributed by atoms with Crippen LogP contribution in [0.4, 0.5) is 5.69 Å². The van der Waals surface area contributed by atoms with Crippen molar-refractivity contribution < 1.29 is 9.59 Å². The van der Waals surface area contributed by atoms with E-state index in [2.05, 4.69) is 4.98 Å². The van der Waals surface area contributed by atoms with Crippen LogP contribution in [-0.2, 0) is 9.59 Å². The van der Waals surface area contributed by atoms with Crippen molar-refractivity contribution in [1.29, 1.82) is 0 Å². The number of aryl methyl sites for hydroxylation is 1. The SMILES string of the molecule is Cc1cc(N2C(=O)CCCC2=O)c2ccccc2n1. The minimum atomic E-state index is -0.119. The van der Waals surface area contributed by atoms with E-state index in [0.717, 1.165) is 16.6 Å². The van der Waals surface area contributed by atoms with Crippen molar-refractivity contribution in [1.82, 2.24) is 4.98 Å². The molecule has 0 aliphatic carbocycles. The first-order valence-corrected chi connectivity index (χ1v) is 6.39. The number of aromatic nitrogens is 1. The first-order valence-electron chi connectivity index (χ1n) is 6.39. The van der Waals surface area contributed by atoms with E-state index in [0.29, 0.717) is 24.9 Å². The topological polar surface area (TPSA) is 50.3 Å². The highest BCUT2D eigenvalue weighted by molar-refractivity contribution is 6.19. The third kappa shape index (κ3) is 1.99. The Morgan fingerprint density at radius 2 is 1.79 bits per heavy atom. The Labute approximate surface area is 111 Å². The number of imide groups is 1. The lowest BCUT2D eigenvalue weighted by atomic mass is 10.1. The van der Waals surface area contributed by atoms with E-state index in [9.17, 15) is 9.59 Å². The lowest BCUT2D eigenvalue weighted by Crippen LogP contribution is -2.40. The van der Waals surface area contributed by atoms with Crippen LogP contribution in [0.5, 0.6) is 0 Å². The highest BCUT2D eigenvalue weighted by atomic mass is 16.2. The molecule has 4 nitrogen and oxygen atoms in total. The van der Waals surface area contributed by atoms with Gasteiger partial charge in [0.1, 0.15) is 0 Å². The van der Waals surface area contributed by atoms with Crippen LogP contribution in [0.3, 0.4) is 0 Å². The molecule has 0 saturated carbocycles. The normalized spacial score (nSPS) is 16.2. The fraction of sp³-hybridized carbons (Fsp3) is 0.267. The van der Waals surface area contributed by atoms with E-state index >= 15 is 0 Å². The molecule has 1 aliphatic rings. The average Bonchev–Trinajstić information content (AvgIpc) is 2.38. The summed E-state index contributed by atoms with van der Waals surface area (Å²) in [5.74, 6) is -0.237. The Kier molecular flexibility index (Phi) is 2.78. The van der Waals surface area contributed by atoms with Crippen molar-refractivity contribution in [2.24, 2.45) is 0 Å². The Morgan fingerprint density at radius 1 is 1.11 bits per heavy atom. The zero-order valence-electron chi connectivity index (χ0n) is 10.7. The van der Waals surface area contributed by atoms with Crippen molar-refractivity contribution in [2.45, 2.75) is 26.2 Å². The molecule has 96 valence electrons. The maximum Gasteiger partial charge on any atom is 0.233 e. The lowest BCUT2D eigenvalue weighted by Gasteiger charge is -2.26. The van der Waals surface area contributed by atoms with Crippen LogP contribution in [0.1, 0.15) is 25.0 Å². The van der Waals surface area contributed by atoms with Crippen LogP contribution >= 0.6 is 0 Å². The second-order valence-corrected chi connectivity index (χ2v) is 4.78. The van der Waals surface area contributed by atoms with Gasteiger partial charge in [-0.2, -0.15) is 0 Å². The van der Waals surface area contributed by atoms with Gasteiger partial charge in [0.2, 0.25) is 11.8 Å². The number of amides is 2. The molecule has 4 heteroatoms. The van der Waals surface area contributed by atoms with Crippen LogP contribution in [0, 0.1) is 6.92 Å². The monoisotopic (exact) mass is 254 g/mol. The van der Waals surface area contributed by atoms with Crippen molar-refractivity contribution in [3.63, 3.8) is 0 Å². The summed E-state index contributed by atoms with van der Waals surface area (Å²) >= 11 is 0. The van der Waals surface area contributed by atoms with E-state index in [1.165, 1.54) is 4.90 Å². The molecule has 2 aromatic rings. The van der Waals surface area contributed by atoms with Gasteiger partial charge >= 0.3 is 0 Å². The minimum absolute atomic E-state index is 0.119. The molecule has 1 fully saturated rings. The Bertz CT molecular complexity index is 663. The minimum Gasteiger partial charge on any atom is -0.274 e. The van der Waals surface area contributed by atoms with Crippen LogP contribution in [0.2, 0.25) is 0 Å². The highest BCUT2D eigenvalue weighted by Crippen LogP contribution is 2.29. The van der Waals surface area contributed by atoms with E-state index < -0.39 is 0 Å². The summed E-state index contributed by atoms with van der Waals surface area (Å²) in [6.07, 6.45) is 1.51. The van der Waals surface area contributed by atoms with Gasteiger partial charge in [-0.1, -0.05) is 18.2 Å². The van der Waals surface area contributed by atoms with Crippen LogP contribution in [-0.4, -0.2) is 16.8 Å². The largest absolute Gasteiger partial charge is 0.274 e. The van der Waals surface area contributed by atoms with E-state index in [1.807, 2.05) is 37.3 Å². The number of nitrogens with zero attached hydrogens (tertiary/aromatic N) is 2. The predicted octanol–water partition coefficient (Wildman–Crippen LogP) is 2.59. The summed E-state index contributed by atoms with van der Waals surface area (Å²) < 4.78 is 0. The molecular formula is C15H14N2O2. The number of carbonyl (C=O) groups excluding carboxylic acids is 2. The standard InChI is InChI=1S/C15H14N2O2/c1-10-9-13(11-5-2-3-6-12(11)16-10)17-14(18)7-4-8-15(17)19/h2-3,5-6,9H,4,7-8H2,1H3. The number of hydrogen-bond acceptors (Lipinski definition) is 3. The van der Waals surface area contributed by atoms with Crippen molar-refractivity contribution in [3.8, 4) is 0 Å². The maximum absolute atomic E-state index is 12.0. The number of benzene rings is 1. The zero-order chi connectivity index (χ0) is 13.4. The predicted molar refractivity (Wildman–Crippen MR) is 72.8 cm³/mol. The Hall–Kier alpha value is -2.23. The fourth-order valence-electron chi connectivity index (χ4n) is 2.49. The van der Waals surface area contributed by atoms with E-state index in [1.54, 1.807) is 0 Å². The van der Waals surface area contributed by atoms with Gasteiger partial charge in [-0.25, -0.2) is 4.90 Å². The number of carbonyl (C=O) groups is 2. The first-order chi connectivity index (χ1) is 9.16. The number of para-hydroxylation sites is 1. The van der Waals surface area contributed by atoms with Gasteiger partial charge in [0.05, 0.1) is 11.2 Å². The maximum atomic E-state index is 12.0. The average molecular weight is 254 g/mol. The number of piperidine rings is 1. The lowest BCUT2D eigenvalue weighted by molar-refractivity contribution is -0.128. The Morgan fingerprint density at radius 3 is 2.53 bits per heavy atom. The molecule has 1 saturated heterocycles. The zero-order valence-corrected chi connectivity index (χ0v) is 10.7. The van der Waals surface area contributed by atoms with Gasteiger partial charge in [-0.05, 0) is 25.5 Å². The van der Waals surface area contributed by atoms with Crippen molar-refractivity contribution >= 4 is 28.4 Å². The third-order valence-corrected chi connectivity index (χ3v) is 3.34. The summed E-state index contributed by atoms with van der Waals surface area (Å²) in [5, 5.41) is 0.844. The number of hydrogen-bond donors (Lipinski definition) is 0. The van der Waals surface area contributed by atoms with Crippen molar-refractivity contribution in [2.75, 3.05) is 4.90 Å². The number of anilines is 1. The number of pyridine rings is 1. The fourth-order valence-corrected chi connectivity index (χ4v) is 2.49. The molecule has 0 atom stereocenters. The van der Waals surface area contributed by atoms with Gasteiger partial charge < -0.3 is 0 Å². The molecule has 3 rings (SSSR count). The molecule has 0 N–H and O–H groups in total. The van der Waals surface area contributed by atoms with Gasteiger partial charge in [-0.15, -0.1) is 0 Å².